The molecule has 0 spiro atoms. The molecule has 10 nitrogen and oxygen atoms in total. The van der Waals surface area contributed by atoms with Crippen LogP contribution in [0, 0.1) is 0 Å². The molecule has 3 N–H and O–H groups in total. The summed E-state index contributed by atoms with van der Waals surface area (Å²) in [6.45, 7) is -1.14. The lowest BCUT2D eigenvalue weighted by Gasteiger charge is -2.20. The molecule has 0 aliphatic heterocycles. The molecule has 0 aromatic heterocycles. The maximum atomic E-state index is 12.8. The lowest BCUT2D eigenvalue weighted by atomic mass is 9.83. The zero-order chi connectivity index (χ0) is 20.4. The highest BCUT2D eigenvalue weighted by molar-refractivity contribution is 6.29. The Balaban J connectivity index is 2.02. The first kappa shape index (κ1) is 18.7. The standard InChI is InChI=1S/C18H12O10/c19-6-26-7-28-15-4-11-9(2-13(15)21)17(24)10-3-14(27-5-16(22)23)12(20)1-8(10)18(11)25/h1-4,6,20-21H,5,7H2,(H,22,23). The normalized spacial score (nSPS) is 12.0. The lowest BCUT2D eigenvalue weighted by Crippen LogP contribution is -2.21. The third kappa shape index (κ3) is 3.30. The number of hydrogen-bond acceptors (Lipinski definition) is 9. The Kier molecular flexibility index (Phi) is 4.86. The van der Waals surface area contributed by atoms with E-state index in [-0.39, 0.29) is 40.2 Å². The van der Waals surface area contributed by atoms with Gasteiger partial charge in [-0.2, -0.15) is 0 Å². The van der Waals surface area contributed by atoms with Gasteiger partial charge in [-0.05, 0) is 24.3 Å². The minimum atomic E-state index is -1.29. The number of rotatable bonds is 7. The molecule has 2 aromatic rings. The van der Waals surface area contributed by atoms with Gasteiger partial charge in [0.25, 0.3) is 6.47 Å². The summed E-state index contributed by atoms with van der Waals surface area (Å²) in [7, 11) is 0. The molecule has 0 radical (unpaired) electrons. The average Bonchev–Trinajstić information content (AvgIpc) is 2.65. The molecule has 1 aliphatic carbocycles. The summed E-state index contributed by atoms with van der Waals surface area (Å²) >= 11 is 0. The van der Waals surface area contributed by atoms with Crippen molar-refractivity contribution in [1.82, 2.24) is 0 Å². The lowest BCUT2D eigenvalue weighted by molar-refractivity contribution is -0.139. The summed E-state index contributed by atoms with van der Waals surface area (Å²) in [5.41, 5.74) is -0.449. The van der Waals surface area contributed by atoms with E-state index in [1.54, 1.807) is 0 Å². The van der Waals surface area contributed by atoms with E-state index in [2.05, 4.69) is 4.74 Å². The second-order valence-corrected chi connectivity index (χ2v) is 5.60. The van der Waals surface area contributed by atoms with Crippen LogP contribution in [0.5, 0.6) is 23.0 Å². The first-order chi connectivity index (χ1) is 13.3. The number of aromatic hydroxyl groups is 2. The summed E-state index contributed by atoms with van der Waals surface area (Å²) in [6.07, 6.45) is 0. The molecule has 0 bridgehead atoms. The number of aliphatic carboxylic acids is 1. The predicted octanol–water partition coefficient (Wildman–Crippen LogP) is 0.846. The van der Waals surface area contributed by atoms with Gasteiger partial charge in [0, 0.05) is 22.3 Å². The molecule has 0 heterocycles. The van der Waals surface area contributed by atoms with Crippen LogP contribution in [0.4, 0.5) is 0 Å². The average molecular weight is 388 g/mol. The van der Waals surface area contributed by atoms with Crippen molar-refractivity contribution in [3.05, 3.63) is 46.5 Å². The zero-order valence-electron chi connectivity index (χ0n) is 14.0. The molecule has 0 amide bonds. The van der Waals surface area contributed by atoms with E-state index in [1.165, 1.54) is 0 Å². The van der Waals surface area contributed by atoms with E-state index in [4.69, 9.17) is 14.6 Å². The van der Waals surface area contributed by atoms with Crippen molar-refractivity contribution >= 4 is 24.0 Å². The van der Waals surface area contributed by atoms with Crippen molar-refractivity contribution in [1.29, 1.82) is 0 Å². The van der Waals surface area contributed by atoms with E-state index >= 15 is 0 Å². The smallest absolute Gasteiger partial charge is 0.341 e. The number of carbonyl (C=O) groups is 4. The van der Waals surface area contributed by atoms with Crippen LogP contribution >= 0.6 is 0 Å². The molecule has 1 aliphatic rings. The number of carbonyl (C=O) groups excluding carboxylic acids is 3. The number of ether oxygens (including phenoxy) is 3. The quantitative estimate of drug-likeness (QED) is 0.301. The second-order valence-electron chi connectivity index (χ2n) is 5.60. The summed E-state index contributed by atoms with van der Waals surface area (Å²) in [5, 5.41) is 28.6. The van der Waals surface area contributed by atoms with Crippen molar-refractivity contribution in [2.45, 2.75) is 0 Å². The Morgan fingerprint density at radius 1 is 0.857 bits per heavy atom. The van der Waals surface area contributed by atoms with Crippen LogP contribution < -0.4 is 9.47 Å². The predicted molar refractivity (Wildman–Crippen MR) is 88.9 cm³/mol. The van der Waals surface area contributed by atoms with Gasteiger partial charge in [-0.25, -0.2) is 4.79 Å². The third-order valence-electron chi connectivity index (χ3n) is 3.88. The Hall–Kier alpha value is -4.08. The first-order valence-electron chi connectivity index (χ1n) is 7.69. The van der Waals surface area contributed by atoms with E-state index in [9.17, 15) is 29.4 Å². The first-order valence-corrected chi connectivity index (χ1v) is 7.69. The van der Waals surface area contributed by atoms with Gasteiger partial charge in [0.15, 0.2) is 41.2 Å². The number of carboxylic acid groups (broad SMARTS) is 1. The maximum Gasteiger partial charge on any atom is 0.341 e. The molecule has 2 aromatic carbocycles. The van der Waals surface area contributed by atoms with Crippen LogP contribution in [0.15, 0.2) is 24.3 Å². The van der Waals surface area contributed by atoms with Crippen molar-refractivity contribution in [3.8, 4) is 23.0 Å². The number of phenolic OH excluding ortho intramolecular Hbond substituents is 2. The van der Waals surface area contributed by atoms with Crippen molar-refractivity contribution in [2.75, 3.05) is 13.4 Å². The fourth-order valence-corrected chi connectivity index (χ4v) is 2.67. The molecule has 0 atom stereocenters. The van der Waals surface area contributed by atoms with Crippen LogP contribution in [0.2, 0.25) is 0 Å². The molecule has 28 heavy (non-hydrogen) atoms. The number of fused-ring (bicyclic) bond motifs is 2. The van der Waals surface area contributed by atoms with Gasteiger partial charge in [-0.1, -0.05) is 0 Å². The molecule has 0 fully saturated rings. The van der Waals surface area contributed by atoms with Crippen LogP contribution in [-0.2, 0) is 14.3 Å². The SMILES string of the molecule is O=COCOc1cc2c(cc1O)C(=O)c1cc(OCC(=O)O)c(O)cc1C2=O. The van der Waals surface area contributed by atoms with E-state index in [1.807, 2.05) is 0 Å². The molecular weight excluding hydrogens is 376 g/mol. The fraction of sp³-hybridized carbons (Fsp3) is 0.111. The van der Waals surface area contributed by atoms with Crippen LogP contribution in [-0.4, -0.2) is 52.7 Å². The summed E-state index contributed by atoms with van der Waals surface area (Å²) in [5.74, 6) is -4.00. The van der Waals surface area contributed by atoms with Crippen LogP contribution in [0.25, 0.3) is 0 Å². The topological polar surface area (TPSA) is 157 Å². The molecular formula is C18H12O10. The highest BCUT2D eigenvalue weighted by atomic mass is 16.7. The summed E-state index contributed by atoms with van der Waals surface area (Å²) in [6, 6.07) is 4.21. The number of hydrogen-bond donors (Lipinski definition) is 3. The number of carboxylic acids is 1. The van der Waals surface area contributed by atoms with Crippen LogP contribution in [0.1, 0.15) is 31.8 Å². The second kappa shape index (κ2) is 7.27. The summed E-state index contributed by atoms with van der Waals surface area (Å²) in [4.78, 5) is 46.3. The van der Waals surface area contributed by atoms with Gasteiger partial charge in [0.2, 0.25) is 6.79 Å². The van der Waals surface area contributed by atoms with Gasteiger partial charge in [-0.3, -0.25) is 14.4 Å². The Morgan fingerprint density at radius 2 is 1.32 bits per heavy atom. The van der Waals surface area contributed by atoms with Gasteiger partial charge in [-0.15, -0.1) is 0 Å². The monoisotopic (exact) mass is 388 g/mol. The van der Waals surface area contributed by atoms with Gasteiger partial charge in [0.1, 0.15) is 0 Å². The minimum absolute atomic E-state index is 0.0880. The van der Waals surface area contributed by atoms with Gasteiger partial charge in [0.05, 0.1) is 0 Å². The van der Waals surface area contributed by atoms with E-state index in [0.29, 0.717) is 0 Å². The van der Waals surface area contributed by atoms with Crippen molar-refractivity contribution in [2.24, 2.45) is 0 Å². The Morgan fingerprint density at radius 3 is 1.79 bits per heavy atom. The highest BCUT2D eigenvalue weighted by Crippen LogP contribution is 2.39. The molecule has 0 unspecified atom stereocenters. The molecule has 0 saturated carbocycles. The Bertz CT molecular complexity index is 1010. The van der Waals surface area contributed by atoms with Crippen molar-refractivity contribution < 1.29 is 48.7 Å². The number of phenols is 2. The fourth-order valence-electron chi connectivity index (χ4n) is 2.67. The molecule has 3 rings (SSSR count). The highest BCUT2D eigenvalue weighted by Gasteiger charge is 2.33. The van der Waals surface area contributed by atoms with E-state index < -0.39 is 42.4 Å². The van der Waals surface area contributed by atoms with E-state index in [0.717, 1.165) is 24.3 Å². The summed E-state index contributed by atoms with van der Waals surface area (Å²) < 4.78 is 14.3. The molecule has 0 saturated heterocycles. The third-order valence-corrected chi connectivity index (χ3v) is 3.88. The largest absolute Gasteiger partial charge is 0.504 e. The maximum absolute atomic E-state index is 12.8. The number of benzene rings is 2. The molecule has 144 valence electrons. The Labute approximate surface area is 156 Å². The van der Waals surface area contributed by atoms with Gasteiger partial charge < -0.3 is 29.5 Å². The van der Waals surface area contributed by atoms with Crippen molar-refractivity contribution in [3.63, 3.8) is 0 Å². The minimum Gasteiger partial charge on any atom is -0.504 e. The zero-order valence-corrected chi connectivity index (χ0v) is 14.0. The van der Waals surface area contributed by atoms with Gasteiger partial charge >= 0.3 is 5.97 Å². The van der Waals surface area contributed by atoms with Crippen LogP contribution in [0.3, 0.4) is 0 Å². The number of ketones is 2. The molecule has 10 heteroatoms.